The summed E-state index contributed by atoms with van der Waals surface area (Å²) in [7, 11) is 1.95. The van der Waals surface area contributed by atoms with Crippen molar-refractivity contribution in [3.05, 3.63) is 41.5 Å². The van der Waals surface area contributed by atoms with E-state index >= 15 is 0 Å². The van der Waals surface area contributed by atoms with Crippen LogP contribution in [0.5, 0.6) is 5.75 Å². The zero-order valence-electron chi connectivity index (χ0n) is 15.2. The third kappa shape index (κ3) is 4.18. The van der Waals surface area contributed by atoms with Crippen molar-refractivity contribution in [3.63, 3.8) is 0 Å². The first-order chi connectivity index (χ1) is 12.0. The predicted octanol–water partition coefficient (Wildman–Crippen LogP) is 2.61. The number of carbonyl (C=O) groups is 1. The molecule has 2 heterocycles. The van der Waals surface area contributed by atoms with Gasteiger partial charge in [0.05, 0.1) is 13.0 Å². The van der Waals surface area contributed by atoms with E-state index in [1.54, 1.807) is 6.33 Å². The largest absolute Gasteiger partial charge is 0.493 e. The van der Waals surface area contributed by atoms with Crippen LogP contribution in [0.3, 0.4) is 0 Å². The van der Waals surface area contributed by atoms with Gasteiger partial charge in [-0.15, -0.1) is 10.2 Å². The van der Waals surface area contributed by atoms with Crippen LogP contribution in [0.4, 0.5) is 0 Å². The summed E-state index contributed by atoms with van der Waals surface area (Å²) < 4.78 is 7.77. The molecule has 0 radical (unpaired) electrons. The minimum atomic E-state index is 0.150. The first-order valence-corrected chi connectivity index (χ1v) is 8.86. The summed E-state index contributed by atoms with van der Waals surface area (Å²) in [5.41, 5.74) is 2.26. The second-order valence-electron chi connectivity index (χ2n) is 6.85. The lowest BCUT2D eigenvalue weighted by molar-refractivity contribution is -0.133. The Morgan fingerprint density at radius 1 is 1.36 bits per heavy atom. The lowest BCUT2D eigenvalue weighted by Gasteiger charge is -2.32. The Labute approximate surface area is 148 Å². The number of likely N-dealkylation sites (tertiary alicyclic amines) is 1. The second kappa shape index (κ2) is 7.68. The Balaban J connectivity index is 1.52. The number of benzene rings is 1. The Bertz CT molecular complexity index is 741. The average molecular weight is 342 g/mol. The van der Waals surface area contributed by atoms with Crippen LogP contribution in [0.1, 0.15) is 42.1 Å². The van der Waals surface area contributed by atoms with Crippen LogP contribution in [0.2, 0.25) is 0 Å². The molecule has 3 rings (SSSR count). The number of nitrogens with zero attached hydrogens (tertiary/aromatic N) is 4. The van der Waals surface area contributed by atoms with Gasteiger partial charge in [-0.1, -0.05) is 12.1 Å². The van der Waals surface area contributed by atoms with Gasteiger partial charge in [-0.2, -0.15) is 0 Å². The standard InChI is InChI=1S/C19H26N4O2/c1-14-6-7-15(2)17(11-14)25-10-8-18(24)23-9-4-5-16(12-23)19-21-20-13-22(19)3/h6-7,11,13,16H,4-5,8-10,12H2,1-3H3. The lowest BCUT2D eigenvalue weighted by Crippen LogP contribution is -2.40. The third-order valence-corrected chi connectivity index (χ3v) is 4.80. The van der Waals surface area contributed by atoms with Crippen molar-refractivity contribution in [2.75, 3.05) is 19.7 Å². The molecule has 1 fully saturated rings. The van der Waals surface area contributed by atoms with Crippen LogP contribution in [0, 0.1) is 13.8 Å². The summed E-state index contributed by atoms with van der Waals surface area (Å²) >= 11 is 0. The Morgan fingerprint density at radius 3 is 2.96 bits per heavy atom. The van der Waals surface area contributed by atoms with Gasteiger partial charge in [0, 0.05) is 26.1 Å². The number of amides is 1. The molecule has 0 saturated carbocycles. The Kier molecular flexibility index (Phi) is 5.36. The summed E-state index contributed by atoms with van der Waals surface area (Å²) in [6.07, 6.45) is 4.17. The van der Waals surface area contributed by atoms with Crippen LogP contribution in [0.15, 0.2) is 24.5 Å². The number of hydrogen-bond donors (Lipinski definition) is 0. The first-order valence-electron chi connectivity index (χ1n) is 8.86. The highest BCUT2D eigenvalue weighted by Gasteiger charge is 2.27. The van der Waals surface area contributed by atoms with E-state index in [4.69, 9.17) is 4.74 Å². The number of carbonyl (C=O) groups excluding carboxylic acids is 1. The molecule has 1 aliphatic heterocycles. The van der Waals surface area contributed by atoms with E-state index in [2.05, 4.69) is 16.3 Å². The van der Waals surface area contributed by atoms with Crippen LogP contribution in [-0.2, 0) is 11.8 Å². The molecule has 1 aromatic heterocycles. The maximum Gasteiger partial charge on any atom is 0.226 e. The van der Waals surface area contributed by atoms with Crippen molar-refractivity contribution in [3.8, 4) is 5.75 Å². The molecular formula is C19H26N4O2. The van der Waals surface area contributed by atoms with Crippen molar-refractivity contribution in [1.82, 2.24) is 19.7 Å². The molecule has 1 saturated heterocycles. The summed E-state index contributed by atoms with van der Waals surface area (Å²) in [5, 5.41) is 8.16. The van der Waals surface area contributed by atoms with E-state index in [0.717, 1.165) is 48.6 Å². The molecule has 25 heavy (non-hydrogen) atoms. The van der Waals surface area contributed by atoms with Gasteiger partial charge < -0.3 is 14.2 Å². The van der Waals surface area contributed by atoms with Crippen LogP contribution in [-0.4, -0.2) is 45.3 Å². The molecule has 6 heteroatoms. The van der Waals surface area contributed by atoms with Gasteiger partial charge in [-0.25, -0.2) is 0 Å². The fraction of sp³-hybridized carbons (Fsp3) is 0.526. The van der Waals surface area contributed by atoms with E-state index in [1.807, 2.05) is 42.5 Å². The fourth-order valence-electron chi connectivity index (χ4n) is 3.35. The highest BCUT2D eigenvalue weighted by molar-refractivity contribution is 5.76. The fourth-order valence-corrected chi connectivity index (χ4v) is 3.35. The van der Waals surface area contributed by atoms with Gasteiger partial charge in [0.15, 0.2) is 0 Å². The molecule has 1 unspecified atom stereocenters. The predicted molar refractivity (Wildman–Crippen MR) is 95.6 cm³/mol. The van der Waals surface area contributed by atoms with Gasteiger partial charge >= 0.3 is 0 Å². The van der Waals surface area contributed by atoms with Gasteiger partial charge in [0.25, 0.3) is 0 Å². The highest BCUT2D eigenvalue weighted by atomic mass is 16.5. The summed E-state index contributed by atoms with van der Waals surface area (Å²) in [6.45, 7) is 6.00. The smallest absolute Gasteiger partial charge is 0.226 e. The van der Waals surface area contributed by atoms with E-state index in [1.165, 1.54) is 0 Å². The average Bonchev–Trinajstić information content (AvgIpc) is 3.04. The van der Waals surface area contributed by atoms with E-state index in [0.29, 0.717) is 13.0 Å². The van der Waals surface area contributed by atoms with Crippen molar-refractivity contribution < 1.29 is 9.53 Å². The minimum Gasteiger partial charge on any atom is -0.493 e. The highest BCUT2D eigenvalue weighted by Crippen LogP contribution is 2.25. The number of aromatic nitrogens is 3. The van der Waals surface area contributed by atoms with Crippen molar-refractivity contribution in [2.45, 2.75) is 39.0 Å². The molecule has 0 bridgehead atoms. The number of rotatable bonds is 5. The molecule has 0 N–H and O–H groups in total. The first kappa shape index (κ1) is 17.5. The molecule has 0 spiro atoms. The van der Waals surface area contributed by atoms with E-state index in [-0.39, 0.29) is 11.8 Å². The number of piperidine rings is 1. The van der Waals surface area contributed by atoms with E-state index in [9.17, 15) is 4.79 Å². The molecule has 2 aromatic rings. The molecule has 1 aromatic carbocycles. The van der Waals surface area contributed by atoms with Crippen LogP contribution < -0.4 is 4.74 Å². The maximum absolute atomic E-state index is 12.5. The third-order valence-electron chi connectivity index (χ3n) is 4.80. The van der Waals surface area contributed by atoms with Gasteiger partial charge in [-0.05, 0) is 43.9 Å². The van der Waals surface area contributed by atoms with Gasteiger partial charge in [-0.3, -0.25) is 4.79 Å². The molecular weight excluding hydrogens is 316 g/mol. The molecule has 0 aliphatic carbocycles. The normalized spacial score (nSPS) is 17.6. The SMILES string of the molecule is Cc1ccc(C)c(OCCC(=O)N2CCCC(c3nncn3C)C2)c1. The van der Waals surface area contributed by atoms with Crippen LogP contribution >= 0.6 is 0 Å². The lowest BCUT2D eigenvalue weighted by atomic mass is 9.97. The zero-order chi connectivity index (χ0) is 17.8. The van der Waals surface area contributed by atoms with E-state index < -0.39 is 0 Å². The zero-order valence-corrected chi connectivity index (χ0v) is 15.2. The summed E-state index contributed by atoms with van der Waals surface area (Å²) in [6, 6.07) is 6.13. The number of ether oxygens (including phenoxy) is 1. The molecule has 1 amide bonds. The van der Waals surface area contributed by atoms with Crippen molar-refractivity contribution in [2.24, 2.45) is 7.05 Å². The molecule has 6 nitrogen and oxygen atoms in total. The Hall–Kier alpha value is -2.37. The van der Waals surface area contributed by atoms with Crippen molar-refractivity contribution in [1.29, 1.82) is 0 Å². The summed E-state index contributed by atoms with van der Waals surface area (Å²) in [5.74, 6) is 2.25. The Morgan fingerprint density at radius 2 is 2.20 bits per heavy atom. The van der Waals surface area contributed by atoms with Gasteiger partial charge in [0.2, 0.25) is 5.91 Å². The second-order valence-corrected chi connectivity index (χ2v) is 6.85. The summed E-state index contributed by atoms with van der Waals surface area (Å²) in [4.78, 5) is 14.5. The van der Waals surface area contributed by atoms with Crippen molar-refractivity contribution >= 4 is 5.91 Å². The number of aryl methyl sites for hydroxylation is 3. The monoisotopic (exact) mass is 342 g/mol. The molecule has 134 valence electrons. The number of hydrogen-bond acceptors (Lipinski definition) is 4. The topological polar surface area (TPSA) is 60.2 Å². The maximum atomic E-state index is 12.5. The van der Waals surface area contributed by atoms with Gasteiger partial charge in [0.1, 0.15) is 17.9 Å². The quantitative estimate of drug-likeness (QED) is 0.838. The molecule has 1 atom stereocenters. The minimum absolute atomic E-state index is 0.150. The van der Waals surface area contributed by atoms with Crippen LogP contribution in [0.25, 0.3) is 0 Å². The molecule has 1 aliphatic rings.